The third-order valence-corrected chi connectivity index (χ3v) is 1.85. The van der Waals surface area contributed by atoms with Gasteiger partial charge in [0.15, 0.2) is 0 Å². The van der Waals surface area contributed by atoms with E-state index in [9.17, 15) is 4.79 Å². The highest BCUT2D eigenvalue weighted by Crippen LogP contribution is 1.96. The Morgan fingerprint density at radius 2 is 2.46 bits per heavy atom. The molecule has 13 heavy (non-hydrogen) atoms. The standard InChI is InChI=1S/C8H13N3O2/c1-7-9-4-5-11(7)6-8(12)10(2)13-3/h4-5H,6H2,1-3H3. The molecule has 0 N–H and O–H groups in total. The van der Waals surface area contributed by atoms with Crippen molar-refractivity contribution in [2.75, 3.05) is 14.2 Å². The van der Waals surface area contributed by atoms with Crippen molar-refractivity contribution in [3.05, 3.63) is 18.2 Å². The van der Waals surface area contributed by atoms with Crippen LogP contribution in [-0.4, -0.2) is 34.7 Å². The van der Waals surface area contributed by atoms with Gasteiger partial charge >= 0.3 is 0 Å². The molecule has 1 aromatic heterocycles. The molecule has 5 heteroatoms. The summed E-state index contributed by atoms with van der Waals surface area (Å²) >= 11 is 0. The van der Waals surface area contributed by atoms with Crippen molar-refractivity contribution in [2.45, 2.75) is 13.5 Å². The van der Waals surface area contributed by atoms with Crippen LogP contribution in [0.4, 0.5) is 0 Å². The topological polar surface area (TPSA) is 47.4 Å². The molecule has 0 aliphatic heterocycles. The van der Waals surface area contributed by atoms with Crippen LogP contribution in [0.15, 0.2) is 12.4 Å². The predicted molar refractivity (Wildman–Crippen MR) is 46.7 cm³/mol. The number of hydroxylamine groups is 2. The molecular formula is C8H13N3O2. The van der Waals surface area contributed by atoms with Gasteiger partial charge in [0.1, 0.15) is 12.4 Å². The summed E-state index contributed by atoms with van der Waals surface area (Å²) < 4.78 is 1.76. The number of imidazole rings is 1. The minimum Gasteiger partial charge on any atom is -0.326 e. The second-order valence-corrected chi connectivity index (χ2v) is 2.68. The first-order valence-corrected chi connectivity index (χ1v) is 3.93. The fourth-order valence-electron chi connectivity index (χ4n) is 0.918. The molecule has 0 aliphatic carbocycles. The molecule has 1 amide bonds. The van der Waals surface area contributed by atoms with Crippen molar-refractivity contribution in [2.24, 2.45) is 0 Å². The van der Waals surface area contributed by atoms with Gasteiger partial charge in [-0.1, -0.05) is 0 Å². The van der Waals surface area contributed by atoms with Crippen LogP contribution < -0.4 is 0 Å². The maximum Gasteiger partial charge on any atom is 0.265 e. The van der Waals surface area contributed by atoms with Gasteiger partial charge in [-0.2, -0.15) is 0 Å². The fraction of sp³-hybridized carbons (Fsp3) is 0.500. The summed E-state index contributed by atoms with van der Waals surface area (Å²) in [5.41, 5.74) is 0. The number of rotatable bonds is 3. The molecule has 1 heterocycles. The highest BCUT2D eigenvalue weighted by atomic mass is 16.7. The van der Waals surface area contributed by atoms with E-state index in [1.54, 1.807) is 24.0 Å². The van der Waals surface area contributed by atoms with Gasteiger partial charge in [0, 0.05) is 19.4 Å². The summed E-state index contributed by atoms with van der Waals surface area (Å²) in [6, 6.07) is 0. The third kappa shape index (κ3) is 2.29. The van der Waals surface area contributed by atoms with E-state index in [0.29, 0.717) is 0 Å². The molecule has 1 aromatic rings. The first kappa shape index (κ1) is 9.73. The predicted octanol–water partition coefficient (Wildman–Crippen LogP) is 0.211. The molecule has 5 nitrogen and oxygen atoms in total. The lowest BCUT2D eigenvalue weighted by Gasteiger charge is -2.14. The SMILES string of the molecule is CON(C)C(=O)Cn1ccnc1C. The van der Waals surface area contributed by atoms with Crippen LogP contribution in [0.1, 0.15) is 5.82 Å². The van der Waals surface area contributed by atoms with Crippen LogP contribution in [0, 0.1) is 6.92 Å². The molecule has 0 saturated carbocycles. The van der Waals surface area contributed by atoms with Crippen LogP contribution in [0.25, 0.3) is 0 Å². The Kier molecular flexibility index (Phi) is 3.02. The van der Waals surface area contributed by atoms with Gasteiger partial charge < -0.3 is 4.57 Å². The Hall–Kier alpha value is -1.36. The first-order chi connectivity index (χ1) is 6.15. The number of nitrogens with zero attached hydrogens (tertiary/aromatic N) is 3. The van der Waals surface area contributed by atoms with Gasteiger partial charge in [0.05, 0.1) is 7.11 Å². The normalized spacial score (nSPS) is 10.1. The summed E-state index contributed by atoms with van der Waals surface area (Å²) in [5, 5.41) is 1.19. The van der Waals surface area contributed by atoms with E-state index in [0.717, 1.165) is 5.82 Å². The Balaban J connectivity index is 2.60. The van der Waals surface area contributed by atoms with Gasteiger partial charge in [-0.3, -0.25) is 9.63 Å². The minimum absolute atomic E-state index is 0.108. The molecule has 0 unspecified atom stereocenters. The lowest BCUT2D eigenvalue weighted by Crippen LogP contribution is -2.29. The van der Waals surface area contributed by atoms with E-state index in [-0.39, 0.29) is 12.5 Å². The van der Waals surface area contributed by atoms with Crippen molar-refractivity contribution in [3.8, 4) is 0 Å². The molecule has 0 fully saturated rings. The van der Waals surface area contributed by atoms with Gasteiger partial charge in [-0.05, 0) is 6.92 Å². The van der Waals surface area contributed by atoms with Crippen molar-refractivity contribution >= 4 is 5.91 Å². The molecule has 0 bridgehead atoms. The summed E-state index contributed by atoms with van der Waals surface area (Å²) in [7, 11) is 3.03. The Morgan fingerprint density at radius 1 is 1.77 bits per heavy atom. The number of hydrogen-bond acceptors (Lipinski definition) is 3. The van der Waals surface area contributed by atoms with E-state index in [4.69, 9.17) is 4.84 Å². The highest BCUT2D eigenvalue weighted by Gasteiger charge is 2.09. The van der Waals surface area contributed by atoms with Crippen LogP contribution in [0.2, 0.25) is 0 Å². The van der Waals surface area contributed by atoms with Crippen LogP contribution >= 0.6 is 0 Å². The zero-order valence-electron chi connectivity index (χ0n) is 8.02. The van der Waals surface area contributed by atoms with Crippen molar-refractivity contribution in [1.82, 2.24) is 14.6 Å². The smallest absolute Gasteiger partial charge is 0.265 e. The second kappa shape index (κ2) is 4.04. The van der Waals surface area contributed by atoms with E-state index in [2.05, 4.69) is 4.98 Å². The molecular weight excluding hydrogens is 170 g/mol. The maximum atomic E-state index is 11.3. The van der Waals surface area contributed by atoms with E-state index >= 15 is 0 Å². The number of likely N-dealkylation sites (N-methyl/N-ethyl adjacent to an activating group) is 1. The van der Waals surface area contributed by atoms with Gasteiger partial charge in [0.2, 0.25) is 0 Å². The number of carbonyl (C=O) groups is 1. The molecule has 72 valence electrons. The number of aryl methyl sites for hydroxylation is 1. The average molecular weight is 183 g/mol. The molecule has 0 spiro atoms. The first-order valence-electron chi connectivity index (χ1n) is 3.93. The van der Waals surface area contributed by atoms with E-state index in [1.807, 2.05) is 6.92 Å². The second-order valence-electron chi connectivity index (χ2n) is 2.68. The number of amides is 1. The van der Waals surface area contributed by atoms with Crippen LogP contribution in [0.3, 0.4) is 0 Å². The quantitative estimate of drug-likeness (QED) is 0.629. The highest BCUT2D eigenvalue weighted by molar-refractivity contribution is 5.74. The zero-order chi connectivity index (χ0) is 9.84. The lowest BCUT2D eigenvalue weighted by atomic mass is 10.5. The van der Waals surface area contributed by atoms with E-state index < -0.39 is 0 Å². The molecule has 0 aromatic carbocycles. The summed E-state index contributed by atoms with van der Waals surface area (Å²) in [6.45, 7) is 2.11. The summed E-state index contributed by atoms with van der Waals surface area (Å²) in [6.07, 6.45) is 3.42. The lowest BCUT2D eigenvalue weighted by molar-refractivity contribution is -0.169. The molecule has 0 radical (unpaired) electrons. The third-order valence-electron chi connectivity index (χ3n) is 1.85. The largest absolute Gasteiger partial charge is 0.326 e. The summed E-state index contributed by atoms with van der Waals surface area (Å²) in [4.78, 5) is 20.1. The maximum absolute atomic E-state index is 11.3. The fourth-order valence-corrected chi connectivity index (χ4v) is 0.918. The summed E-state index contributed by atoms with van der Waals surface area (Å²) in [5.74, 6) is 0.710. The van der Waals surface area contributed by atoms with Crippen LogP contribution in [-0.2, 0) is 16.2 Å². The van der Waals surface area contributed by atoms with E-state index in [1.165, 1.54) is 12.2 Å². The number of hydrogen-bond donors (Lipinski definition) is 0. The molecule has 1 rings (SSSR count). The number of carbonyl (C=O) groups excluding carboxylic acids is 1. The van der Waals surface area contributed by atoms with Gasteiger partial charge in [0.25, 0.3) is 5.91 Å². The average Bonchev–Trinajstić information content (AvgIpc) is 2.50. The Labute approximate surface area is 76.9 Å². The zero-order valence-corrected chi connectivity index (χ0v) is 8.02. The van der Waals surface area contributed by atoms with Gasteiger partial charge in [-0.25, -0.2) is 10.0 Å². The molecule has 0 saturated heterocycles. The molecule has 0 aliphatic rings. The van der Waals surface area contributed by atoms with Crippen molar-refractivity contribution in [3.63, 3.8) is 0 Å². The van der Waals surface area contributed by atoms with Gasteiger partial charge in [-0.15, -0.1) is 0 Å². The minimum atomic E-state index is -0.108. The van der Waals surface area contributed by atoms with Crippen molar-refractivity contribution < 1.29 is 9.63 Å². The Morgan fingerprint density at radius 3 is 2.92 bits per heavy atom. The number of aromatic nitrogens is 2. The Bertz CT molecular complexity index is 295. The molecule has 0 atom stereocenters. The monoisotopic (exact) mass is 183 g/mol. The van der Waals surface area contributed by atoms with Crippen molar-refractivity contribution in [1.29, 1.82) is 0 Å². The van der Waals surface area contributed by atoms with Crippen LogP contribution in [0.5, 0.6) is 0 Å².